The van der Waals surface area contributed by atoms with Crippen LogP contribution in [0.1, 0.15) is 24.3 Å². The highest BCUT2D eigenvalue weighted by Gasteiger charge is 2.10. The van der Waals surface area contributed by atoms with E-state index in [1.165, 1.54) is 0 Å². The lowest BCUT2D eigenvalue weighted by atomic mass is 10.0. The molecule has 0 bridgehead atoms. The fourth-order valence-electron chi connectivity index (χ4n) is 1.70. The molecule has 0 amide bonds. The van der Waals surface area contributed by atoms with Gasteiger partial charge in [0.25, 0.3) is 0 Å². The van der Waals surface area contributed by atoms with E-state index in [9.17, 15) is 0 Å². The summed E-state index contributed by atoms with van der Waals surface area (Å²) in [6.45, 7) is 3.92. The molecule has 2 aromatic rings. The van der Waals surface area contributed by atoms with Crippen LogP contribution in [0.2, 0.25) is 0 Å². The molecule has 1 aromatic heterocycles. The van der Waals surface area contributed by atoms with Gasteiger partial charge in [-0.25, -0.2) is 0 Å². The van der Waals surface area contributed by atoms with Crippen LogP contribution in [-0.4, -0.2) is 0 Å². The molecule has 0 aliphatic heterocycles. The summed E-state index contributed by atoms with van der Waals surface area (Å²) in [6.07, 6.45) is 0. The van der Waals surface area contributed by atoms with E-state index in [0.29, 0.717) is 0 Å². The van der Waals surface area contributed by atoms with Crippen LogP contribution < -0.4 is 5.73 Å². The molecule has 0 saturated carbocycles. The Morgan fingerprint density at radius 3 is 2.47 bits per heavy atom. The predicted octanol–water partition coefficient (Wildman–Crippen LogP) is 3.27. The fraction of sp³-hybridized carbons (Fsp3) is 0.231. The van der Waals surface area contributed by atoms with E-state index in [1.54, 1.807) is 0 Å². The molecule has 1 atom stereocenters. The topological polar surface area (TPSA) is 39.2 Å². The Bertz CT molecular complexity index is 457. The van der Waals surface area contributed by atoms with Crippen molar-refractivity contribution in [2.24, 2.45) is 5.73 Å². The summed E-state index contributed by atoms with van der Waals surface area (Å²) in [5.74, 6) is 1.81. The number of hydrogen-bond donors (Lipinski definition) is 1. The van der Waals surface area contributed by atoms with Crippen molar-refractivity contribution in [1.82, 2.24) is 0 Å². The van der Waals surface area contributed by atoms with E-state index in [0.717, 1.165) is 22.6 Å². The largest absolute Gasteiger partial charge is 0.461 e. The van der Waals surface area contributed by atoms with Crippen LogP contribution in [0.25, 0.3) is 11.3 Å². The normalized spacial score (nSPS) is 12.7. The summed E-state index contributed by atoms with van der Waals surface area (Å²) in [5.41, 5.74) is 8.12. The number of hydrogen-bond acceptors (Lipinski definition) is 2. The maximum atomic E-state index is 5.92. The summed E-state index contributed by atoms with van der Waals surface area (Å²) in [5, 5.41) is 0. The SMILES string of the molecule is Cc1ccc(-c2ccccc2[C@@H](C)N)o1. The molecule has 1 heterocycles. The molecule has 0 unspecified atom stereocenters. The molecular formula is C13H15NO. The van der Waals surface area contributed by atoms with Crippen molar-refractivity contribution in [3.8, 4) is 11.3 Å². The maximum Gasteiger partial charge on any atom is 0.134 e. The third kappa shape index (κ3) is 1.95. The first-order valence-electron chi connectivity index (χ1n) is 5.10. The molecule has 15 heavy (non-hydrogen) atoms. The molecule has 2 N–H and O–H groups in total. The summed E-state index contributed by atoms with van der Waals surface area (Å²) in [7, 11) is 0. The lowest BCUT2D eigenvalue weighted by Gasteiger charge is -2.10. The quantitative estimate of drug-likeness (QED) is 0.809. The summed E-state index contributed by atoms with van der Waals surface area (Å²) >= 11 is 0. The van der Waals surface area contributed by atoms with E-state index in [2.05, 4.69) is 0 Å². The summed E-state index contributed by atoms with van der Waals surface area (Å²) in [4.78, 5) is 0. The van der Waals surface area contributed by atoms with Crippen LogP contribution in [0.5, 0.6) is 0 Å². The Labute approximate surface area is 89.7 Å². The van der Waals surface area contributed by atoms with E-state index in [1.807, 2.05) is 50.2 Å². The van der Waals surface area contributed by atoms with E-state index in [-0.39, 0.29) is 6.04 Å². The highest BCUT2D eigenvalue weighted by Crippen LogP contribution is 2.28. The summed E-state index contributed by atoms with van der Waals surface area (Å²) < 4.78 is 5.60. The zero-order valence-corrected chi connectivity index (χ0v) is 9.03. The first-order valence-corrected chi connectivity index (χ1v) is 5.10. The number of aryl methyl sites for hydroxylation is 1. The van der Waals surface area contributed by atoms with E-state index < -0.39 is 0 Å². The van der Waals surface area contributed by atoms with Crippen molar-refractivity contribution >= 4 is 0 Å². The van der Waals surface area contributed by atoms with Crippen LogP contribution in [-0.2, 0) is 0 Å². The van der Waals surface area contributed by atoms with Gasteiger partial charge in [-0.3, -0.25) is 0 Å². The van der Waals surface area contributed by atoms with Gasteiger partial charge in [0.15, 0.2) is 0 Å². The van der Waals surface area contributed by atoms with Crippen molar-refractivity contribution in [3.05, 3.63) is 47.7 Å². The summed E-state index contributed by atoms with van der Waals surface area (Å²) in [6, 6.07) is 12.0. The zero-order valence-electron chi connectivity index (χ0n) is 9.03. The second-order valence-corrected chi connectivity index (χ2v) is 3.79. The molecule has 0 radical (unpaired) electrons. The number of benzene rings is 1. The smallest absolute Gasteiger partial charge is 0.134 e. The van der Waals surface area contributed by atoms with Gasteiger partial charge < -0.3 is 10.2 Å². The van der Waals surface area contributed by atoms with E-state index >= 15 is 0 Å². The molecule has 2 nitrogen and oxygen atoms in total. The molecule has 0 spiro atoms. The fourth-order valence-corrected chi connectivity index (χ4v) is 1.70. The van der Waals surface area contributed by atoms with Crippen molar-refractivity contribution in [3.63, 3.8) is 0 Å². The van der Waals surface area contributed by atoms with Gasteiger partial charge in [-0.15, -0.1) is 0 Å². The number of rotatable bonds is 2. The molecule has 0 aliphatic rings. The average Bonchev–Trinajstić information content (AvgIpc) is 2.65. The zero-order chi connectivity index (χ0) is 10.8. The minimum absolute atomic E-state index is 0.0200. The van der Waals surface area contributed by atoms with Gasteiger partial charge in [-0.1, -0.05) is 24.3 Å². The molecule has 2 rings (SSSR count). The van der Waals surface area contributed by atoms with Gasteiger partial charge in [-0.05, 0) is 31.5 Å². The van der Waals surface area contributed by atoms with Gasteiger partial charge in [0.05, 0.1) is 0 Å². The van der Waals surface area contributed by atoms with Crippen molar-refractivity contribution < 1.29 is 4.42 Å². The maximum absolute atomic E-state index is 5.92. The highest BCUT2D eigenvalue weighted by atomic mass is 16.3. The lowest BCUT2D eigenvalue weighted by molar-refractivity contribution is 0.547. The molecule has 78 valence electrons. The van der Waals surface area contributed by atoms with Crippen LogP contribution in [0, 0.1) is 6.92 Å². The second kappa shape index (κ2) is 3.91. The second-order valence-electron chi connectivity index (χ2n) is 3.79. The molecule has 1 aromatic carbocycles. The lowest BCUT2D eigenvalue weighted by Crippen LogP contribution is -2.06. The van der Waals surface area contributed by atoms with Crippen molar-refractivity contribution in [2.75, 3.05) is 0 Å². The standard InChI is InChI=1S/C13H15NO/c1-9-7-8-13(15-9)12-6-4-3-5-11(12)10(2)14/h3-8,10H,14H2,1-2H3/t10-/m1/s1. The van der Waals surface area contributed by atoms with Crippen LogP contribution in [0.15, 0.2) is 40.8 Å². The Morgan fingerprint density at radius 2 is 1.87 bits per heavy atom. The van der Waals surface area contributed by atoms with Crippen molar-refractivity contribution in [1.29, 1.82) is 0 Å². The predicted molar refractivity (Wildman–Crippen MR) is 61.5 cm³/mol. The first kappa shape index (κ1) is 9.99. The highest BCUT2D eigenvalue weighted by molar-refractivity contribution is 5.63. The molecule has 0 saturated heterocycles. The average molecular weight is 201 g/mol. The monoisotopic (exact) mass is 201 g/mol. The Kier molecular flexibility index (Phi) is 2.60. The Morgan fingerprint density at radius 1 is 1.13 bits per heavy atom. The molecule has 0 fully saturated rings. The Balaban J connectivity index is 2.52. The van der Waals surface area contributed by atoms with Crippen LogP contribution in [0.4, 0.5) is 0 Å². The third-order valence-corrected chi connectivity index (χ3v) is 2.46. The van der Waals surface area contributed by atoms with Gasteiger partial charge in [0.2, 0.25) is 0 Å². The number of furan rings is 1. The third-order valence-electron chi connectivity index (χ3n) is 2.46. The van der Waals surface area contributed by atoms with Crippen LogP contribution >= 0.6 is 0 Å². The van der Waals surface area contributed by atoms with E-state index in [4.69, 9.17) is 10.2 Å². The number of nitrogens with two attached hydrogens (primary N) is 1. The first-order chi connectivity index (χ1) is 7.18. The van der Waals surface area contributed by atoms with Gasteiger partial charge in [0.1, 0.15) is 11.5 Å². The van der Waals surface area contributed by atoms with Gasteiger partial charge in [-0.2, -0.15) is 0 Å². The van der Waals surface area contributed by atoms with Crippen LogP contribution in [0.3, 0.4) is 0 Å². The Hall–Kier alpha value is -1.54. The molecule has 2 heteroatoms. The minimum atomic E-state index is 0.0200. The van der Waals surface area contributed by atoms with Crippen molar-refractivity contribution in [2.45, 2.75) is 19.9 Å². The molecular weight excluding hydrogens is 186 g/mol. The van der Waals surface area contributed by atoms with Gasteiger partial charge >= 0.3 is 0 Å². The minimum Gasteiger partial charge on any atom is -0.461 e. The molecule has 0 aliphatic carbocycles. The van der Waals surface area contributed by atoms with Gasteiger partial charge in [0, 0.05) is 11.6 Å².